The predicted molar refractivity (Wildman–Crippen MR) is 83.2 cm³/mol. The first-order valence-corrected chi connectivity index (χ1v) is 7.82. The first kappa shape index (κ1) is 16.0. The molecule has 0 aromatic carbocycles. The van der Waals surface area contributed by atoms with Gasteiger partial charge in [0.25, 0.3) is 0 Å². The molecule has 0 bridgehead atoms. The van der Waals surface area contributed by atoms with Crippen LogP contribution < -0.4 is 10.6 Å². The van der Waals surface area contributed by atoms with E-state index in [0.717, 1.165) is 26.9 Å². The zero-order chi connectivity index (χ0) is 12.1. The van der Waals surface area contributed by atoms with Gasteiger partial charge in [-0.2, -0.15) is 5.10 Å². The van der Waals surface area contributed by atoms with Crippen LogP contribution >= 0.6 is 47.7 Å². The standard InChI is InChI=1S/C10H16N4S3.ClH/c1-7-4-5-11-8(12-7)3-2-6-16-10-14-13-9(15)17-10;/h4-5,7-8,11-12H,2-3,6H2,1H3,(H,13,15);1H. The van der Waals surface area contributed by atoms with Gasteiger partial charge in [-0.1, -0.05) is 29.2 Å². The molecule has 0 saturated carbocycles. The summed E-state index contributed by atoms with van der Waals surface area (Å²) in [5.74, 6) is 1.08. The molecule has 2 heterocycles. The van der Waals surface area contributed by atoms with E-state index in [0.29, 0.717) is 12.2 Å². The molecule has 4 nitrogen and oxygen atoms in total. The Bertz CT molecular complexity index is 431. The molecule has 0 spiro atoms. The van der Waals surface area contributed by atoms with E-state index in [-0.39, 0.29) is 12.4 Å². The van der Waals surface area contributed by atoms with Gasteiger partial charge in [0.1, 0.15) is 0 Å². The molecule has 8 heteroatoms. The van der Waals surface area contributed by atoms with Gasteiger partial charge >= 0.3 is 0 Å². The van der Waals surface area contributed by atoms with Gasteiger partial charge in [0.05, 0.1) is 6.17 Å². The van der Waals surface area contributed by atoms with E-state index in [4.69, 9.17) is 12.2 Å². The normalized spacial score (nSPS) is 22.3. The van der Waals surface area contributed by atoms with Gasteiger partial charge in [-0.15, -0.1) is 12.4 Å². The number of halogens is 1. The Labute approximate surface area is 126 Å². The number of aromatic nitrogens is 2. The summed E-state index contributed by atoms with van der Waals surface area (Å²) in [6.45, 7) is 2.16. The van der Waals surface area contributed by atoms with Crippen LogP contribution in [0.4, 0.5) is 0 Å². The average molecular weight is 325 g/mol. The molecule has 102 valence electrons. The zero-order valence-electron chi connectivity index (χ0n) is 10.0. The number of thioether (sulfide) groups is 1. The highest BCUT2D eigenvalue weighted by Crippen LogP contribution is 2.21. The molecule has 0 radical (unpaired) electrons. The second-order valence-corrected chi connectivity index (χ2v) is 6.91. The molecule has 18 heavy (non-hydrogen) atoms. The first-order valence-electron chi connectivity index (χ1n) is 5.61. The molecular weight excluding hydrogens is 308 g/mol. The van der Waals surface area contributed by atoms with Crippen molar-refractivity contribution < 1.29 is 0 Å². The van der Waals surface area contributed by atoms with Crippen LogP contribution in [-0.2, 0) is 0 Å². The van der Waals surface area contributed by atoms with Crippen molar-refractivity contribution in [1.29, 1.82) is 0 Å². The minimum Gasteiger partial charge on any atom is -0.376 e. The van der Waals surface area contributed by atoms with Crippen LogP contribution in [0.5, 0.6) is 0 Å². The lowest BCUT2D eigenvalue weighted by molar-refractivity contribution is 0.401. The molecule has 2 atom stereocenters. The third kappa shape index (κ3) is 5.27. The molecule has 0 saturated heterocycles. The maximum absolute atomic E-state index is 4.99. The van der Waals surface area contributed by atoms with E-state index in [9.17, 15) is 0 Å². The number of rotatable bonds is 5. The quantitative estimate of drug-likeness (QED) is 0.442. The third-order valence-corrected chi connectivity index (χ3v) is 4.75. The van der Waals surface area contributed by atoms with Crippen molar-refractivity contribution >= 4 is 47.7 Å². The second-order valence-electron chi connectivity index (χ2n) is 3.90. The van der Waals surface area contributed by atoms with Crippen LogP contribution in [0.25, 0.3) is 0 Å². The average Bonchev–Trinajstić information content (AvgIpc) is 2.71. The lowest BCUT2D eigenvalue weighted by Gasteiger charge is -2.26. The highest BCUT2D eigenvalue weighted by Gasteiger charge is 2.11. The Morgan fingerprint density at radius 2 is 2.39 bits per heavy atom. The van der Waals surface area contributed by atoms with E-state index in [1.165, 1.54) is 0 Å². The van der Waals surface area contributed by atoms with Crippen LogP contribution in [0.3, 0.4) is 0 Å². The van der Waals surface area contributed by atoms with Crippen LogP contribution in [0.15, 0.2) is 16.6 Å². The van der Waals surface area contributed by atoms with E-state index in [2.05, 4.69) is 33.8 Å². The van der Waals surface area contributed by atoms with Crippen LogP contribution in [0.1, 0.15) is 19.8 Å². The second kappa shape index (κ2) is 8.16. The zero-order valence-corrected chi connectivity index (χ0v) is 13.3. The van der Waals surface area contributed by atoms with Crippen LogP contribution in [0.2, 0.25) is 0 Å². The van der Waals surface area contributed by atoms with Gasteiger partial charge in [-0.25, -0.2) is 0 Å². The lowest BCUT2D eigenvalue weighted by Crippen LogP contribution is -2.46. The molecule has 2 rings (SSSR count). The van der Waals surface area contributed by atoms with Crippen molar-refractivity contribution in [3.8, 4) is 0 Å². The Morgan fingerprint density at radius 3 is 3.06 bits per heavy atom. The number of nitrogens with one attached hydrogen (secondary N) is 3. The van der Waals surface area contributed by atoms with Gasteiger partial charge in [0.15, 0.2) is 8.29 Å². The van der Waals surface area contributed by atoms with Crippen molar-refractivity contribution in [3.05, 3.63) is 16.2 Å². The number of aromatic amines is 1. The molecule has 1 aromatic rings. The molecule has 1 aliphatic rings. The molecule has 2 unspecified atom stereocenters. The molecule has 3 N–H and O–H groups in total. The summed E-state index contributed by atoms with van der Waals surface area (Å²) < 4.78 is 1.79. The van der Waals surface area contributed by atoms with Crippen molar-refractivity contribution in [2.45, 2.75) is 36.3 Å². The first-order chi connectivity index (χ1) is 8.24. The minimum absolute atomic E-state index is 0. The van der Waals surface area contributed by atoms with Crippen molar-refractivity contribution in [3.63, 3.8) is 0 Å². The minimum atomic E-state index is 0. The van der Waals surface area contributed by atoms with Crippen LogP contribution in [-0.4, -0.2) is 28.2 Å². The Balaban J connectivity index is 0.00000162. The van der Waals surface area contributed by atoms with Gasteiger partial charge in [0.2, 0.25) is 0 Å². The predicted octanol–water partition coefficient (Wildman–Crippen LogP) is 2.92. The topological polar surface area (TPSA) is 52.7 Å². The van der Waals surface area contributed by atoms with E-state index < -0.39 is 0 Å². The maximum Gasteiger partial charge on any atom is 0.177 e. The van der Waals surface area contributed by atoms with Gasteiger partial charge in [-0.05, 0) is 38.2 Å². The highest BCUT2D eigenvalue weighted by atomic mass is 35.5. The summed E-state index contributed by atoms with van der Waals surface area (Å²) >= 11 is 8.30. The fraction of sp³-hybridized carbons (Fsp3) is 0.600. The smallest absolute Gasteiger partial charge is 0.177 e. The van der Waals surface area contributed by atoms with Crippen molar-refractivity contribution in [2.75, 3.05) is 5.75 Å². The summed E-state index contributed by atoms with van der Waals surface area (Å²) in [4.78, 5) is 0. The summed E-state index contributed by atoms with van der Waals surface area (Å²) in [7, 11) is 0. The summed E-state index contributed by atoms with van der Waals surface area (Å²) in [6.07, 6.45) is 6.84. The lowest BCUT2D eigenvalue weighted by atomic mass is 10.2. The van der Waals surface area contributed by atoms with Crippen molar-refractivity contribution in [2.24, 2.45) is 0 Å². The number of hydrogen-bond acceptors (Lipinski definition) is 6. The Hall–Kier alpha value is -0.0800. The van der Waals surface area contributed by atoms with Crippen molar-refractivity contribution in [1.82, 2.24) is 20.8 Å². The molecule has 0 aliphatic carbocycles. The summed E-state index contributed by atoms with van der Waals surface area (Å²) in [5.41, 5.74) is 0. The van der Waals surface area contributed by atoms with E-state index >= 15 is 0 Å². The summed E-state index contributed by atoms with van der Waals surface area (Å²) in [5, 5.41) is 13.7. The highest BCUT2D eigenvalue weighted by molar-refractivity contribution is 8.01. The SMILES string of the molecule is CC1C=CNC(CCCSc2n[nH]c(=S)s2)N1.Cl. The maximum atomic E-state index is 4.99. The number of H-pyrrole nitrogens is 1. The third-order valence-electron chi connectivity index (χ3n) is 2.43. The molecule has 1 aliphatic heterocycles. The fourth-order valence-electron chi connectivity index (χ4n) is 1.63. The molecule has 1 aromatic heterocycles. The number of nitrogens with zero attached hydrogens (tertiary/aromatic N) is 1. The van der Waals surface area contributed by atoms with E-state index in [1.54, 1.807) is 23.1 Å². The largest absolute Gasteiger partial charge is 0.376 e. The van der Waals surface area contributed by atoms with E-state index in [1.807, 2.05) is 6.20 Å². The fourth-order valence-corrected chi connectivity index (χ4v) is 3.74. The number of hydrogen-bond donors (Lipinski definition) is 3. The van der Waals surface area contributed by atoms with Crippen LogP contribution in [0, 0.1) is 3.95 Å². The Kier molecular flexibility index (Phi) is 7.25. The summed E-state index contributed by atoms with van der Waals surface area (Å²) in [6, 6.07) is 0.463. The Morgan fingerprint density at radius 1 is 1.56 bits per heavy atom. The molecule has 0 fully saturated rings. The monoisotopic (exact) mass is 324 g/mol. The van der Waals surface area contributed by atoms with Gasteiger partial charge in [-0.3, -0.25) is 10.4 Å². The van der Waals surface area contributed by atoms with Gasteiger partial charge in [0, 0.05) is 11.8 Å². The van der Waals surface area contributed by atoms with Gasteiger partial charge < -0.3 is 5.32 Å². The molecule has 0 amide bonds. The molecular formula is C10H17ClN4S3.